The molecule has 92 valence electrons. The summed E-state index contributed by atoms with van der Waals surface area (Å²) in [5, 5.41) is 2.93. The molecule has 0 aromatic carbocycles. The Morgan fingerprint density at radius 1 is 1.17 bits per heavy atom. The SMILES string of the molecule is CC(=O)c1cnc(NC(=O)c2cnc(C)cn2)s1. The van der Waals surface area contributed by atoms with Crippen molar-refractivity contribution >= 4 is 28.2 Å². The van der Waals surface area contributed by atoms with E-state index < -0.39 is 5.91 Å². The Kier molecular flexibility index (Phi) is 3.42. The van der Waals surface area contributed by atoms with E-state index in [1.54, 1.807) is 6.92 Å². The molecule has 7 heteroatoms. The molecular formula is C11H10N4O2S. The first-order valence-electron chi connectivity index (χ1n) is 5.13. The molecule has 0 atom stereocenters. The predicted octanol–water partition coefficient (Wildman–Crippen LogP) is 1.70. The van der Waals surface area contributed by atoms with Crippen molar-refractivity contribution in [1.29, 1.82) is 0 Å². The second kappa shape index (κ2) is 5.01. The van der Waals surface area contributed by atoms with Crippen molar-refractivity contribution in [1.82, 2.24) is 15.0 Å². The molecule has 1 N–H and O–H groups in total. The molecule has 0 unspecified atom stereocenters. The summed E-state index contributed by atoms with van der Waals surface area (Å²) >= 11 is 1.13. The lowest BCUT2D eigenvalue weighted by atomic mass is 10.4. The van der Waals surface area contributed by atoms with Gasteiger partial charge >= 0.3 is 0 Å². The number of nitrogens with one attached hydrogen (secondary N) is 1. The fourth-order valence-corrected chi connectivity index (χ4v) is 1.87. The zero-order valence-electron chi connectivity index (χ0n) is 9.80. The Bertz CT molecular complexity index is 591. The van der Waals surface area contributed by atoms with Crippen LogP contribution in [0.4, 0.5) is 5.13 Å². The van der Waals surface area contributed by atoms with Gasteiger partial charge < -0.3 is 0 Å². The van der Waals surface area contributed by atoms with Gasteiger partial charge in [-0.3, -0.25) is 19.9 Å². The molecule has 0 radical (unpaired) electrons. The van der Waals surface area contributed by atoms with Crippen LogP contribution in [0.25, 0.3) is 0 Å². The third kappa shape index (κ3) is 2.75. The smallest absolute Gasteiger partial charge is 0.277 e. The van der Waals surface area contributed by atoms with Gasteiger partial charge in [0.2, 0.25) is 0 Å². The highest BCUT2D eigenvalue weighted by molar-refractivity contribution is 7.17. The molecule has 2 aromatic heterocycles. The van der Waals surface area contributed by atoms with E-state index in [-0.39, 0.29) is 11.5 Å². The Hall–Kier alpha value is -2.15. The first-order valence-corrected chi connectivity index (χ1v) is 5.94. The fraction of sp³-hybridized carbons (Fsp3) is 0.182. The van der Waals surface area contributed by atoms with E-state index >= 15 is 0 Å². The number of ketones is 1. The minimum Gasteiger partial charge on any atom is -0.296 e. The van der Waals surface area contributed by atoms with E-state index in [1.165, 1.54) is 25.5 Å². The van der Waals surface area contributed by atoms with Gasteiger partial charge in [-0.15, -0.1) is 0 Å². The van der Waals surface area contributed by atoms with Crippen LogP contribution >= 0.6 is 11.3 Å². The highest BCUT2D eigenvalue weighted by Crippen LogP contribution is 2.18. The number of carbonyl (C=O) groups excluding carboxylic acids is 2. The minimum atomic E-state index is -0.396. The third-order valence-electron chi connectivity index (χ3n) is 2.09. The monoisotopic (exact) mass is 262 g/mol. The first kappa shape index (κ1) is 12.3. The number of Topliss-reactive ketones (excluding diaryl/α,β-unsaturated/α-hetero) is 1. The van der Waals surface area contributed by atoms with Gasteiger partial charge in [-0.25, -0.2) is 9.97 Å². The summed E-state index contributed by atoms with van der Waals surface area (Å²) < 4.78 is 0. The zero-order valence-corrected chi connectivity index (χ0v) is 10.6. The van der Waals surface area contributed by atoms with Crippen molar-refractivity contribution in [2.24, 2.45) is 0 Å². The normalized spacial score (nSPS) is 10.1. The van der Waals surface area contributed by atoms with Crippen LogP contribution in [0.1, 0.15) is 32.8 Å². The molecule has 18 heavy (non-hydrogen) atoms. The summed E-state index contributed by atoms with van der Waals surface area (Å²) in [6, 6.07) is 0. The van der Waals surface area contributed by atoms with Gasteiger partial charge in [-0.2, -0.15) is 0 Å². The quantitative estimate of drug-likeness (QED) is 0.851. The molecule has 0 aliphatic rings. The highest BCUT2D eigenvalue weighted by Gasteiger charge is 2.11. The van der Waals surface area contributed by atoms with Crippen LogP contribution in [0.3, 0.4) is 0 Å². The Labute approximate surface area is 107 Å². The number of aryl methyl sites for hydroxylation is 1. The van der Waals surface area contributed by atoms with Gasteiger partial charge in [0.1, 0.15) is 5.69 Å². The van der Waals surface area contributed by atoms with E-state index in [4.69, 9.17) is 0 Å². The number of hydrogen-bond donors (Lipinski definition) is 1. The Balaban J connectivity index is 2.11. The third-order valence-corrected chi connectivity index (χ3v) is 3.10. The van der Waals surface area contributed by atoms with Crippen LogP contribution in [-0.2, 0) is 0 Å². The summed E-state index contributed by atoms with van der Waals surface area (Å²) in [4.78, 5) is 35.2. The summed E-state index contributed by atoms with van der Waals surface area (Å²) in [7, 11) is 0. The maximum absolute atomic E-state index is 11.8. The number of rotatable bonds is 3. The molecule has 0 spiro atoms. The van der Waals surface area contributed by atoms with Gasteiger partial charge in [-0.1, -0.05) is 11.3 Å². The van der Waals surface area contributed by atoms with Crippen LogP contribution in [0, 0.1) is 6.92 Å². The molecule has 2 aromatic rings. The fourth-order valence-electron chi connectivity index (χ4n) is 1.17. The average molecular weight is 262 g/mol. The molecule has 2 rings (SSSR count). The van der Waals surface area contributed by atoms with E-state index in [0.717, 1.165) is 17.0 Å². The largest absolute Gasteiger partial charge is 0.296 e. The zero-order chi connectivity index (χ0) is 13.1. The second-order valence-corrected chi connectivity index (χ2v) is 4.61. The van der Waals surface area contributed by atoms with E-state index in [2.05, 4.69) is 20.3 Å². The summed E-state index contributed by atoms with van der Waals surface area (Å²) in [6.07, 6.45) is 4.34. The highest BCUT2D eigenvalue weighted by atomic mass is 32.1. The number of aromatic nitrogens is 3. The van der Waals surface area contributed by atoms with Gasteiger partial charge in [0, 0.05) is 13.1 Å². The van der Waals surface area contributed by atoms with Crippen molar-refractivity contribution < 1.29 is 9.59 Å². The van der Waals surface area contributed by atoms with Crippen molar-refractivity contribution in [3.8, 4) is 0 Å². The molecule has 0 aliphatic carbocycles. The molecule has 0 aliphatic heterocycles. The lowest BCUT2D eigenvalue weighted by molar-refractivity contribution is 0.101. The minimum absolute atomic E-state index is 0.0804. The summed E-state index contributed by atoms with van der Waals surface area (Å²) in [5.41, 5.74) is 0.944. The Morgan fingerprint density at radius 3 is 2.50 bits per heavy atom. The van der Waals surface area contributed by atoms with Crippen molar-refractivity contribution in [2.45, 2.75) is 13.8 Å². The van der Waals surface area contributed by atoms with E-state index in [1.807, 2.05) is 0 Å². The van der Waals surface area contributed by atoms with Crippen LogP contribution in [0.15, 0.2) is 18.6 Å². The average Bonchev–Trinajstić information content (AvgIpc) is 2.78. The number of thiazole rings is 1. The van der Waals surface area contributed by atoms with Crippen molar-refractivity contribution in [2.75, 3.05) is 5.32 Å². The standard InChI is InChI=1S/C11H10N4O2S/c1-6-3-13-8(4-12-6)10(17)15-11-14-5-9(18-11)7(2)16/h3-5H,1-2H3,(H,14,15,17). The molecule has 6 nitrogen and oxygen atoms in total. The van der Waals surface area contributed by atoms with Crippen molar-refractivity contribution in [3.05, 3.63) is 34.9 Å². The van der Waals surface area contributed by atoms with Crippen LogP contribution in [0.2, 0.25) is 0 Å². The number of amides is 1. The molecular weight excluding hydrogens is 252 g/mol. The molecule has 0 bridgehead atoms. The lowest BCUT2D eigenvalue weighted by Crippen LogP contribution is -2.13. The van der Waals surface area contributed by atoms with Gasteiger partial charge in [0.25, 0.3) is 5.91 Å². The number of carbonyl (C=O) groups is 2. The molecule has 2 heterocycles. The molecule has 0 fully saturated rings. The Morgan fingerprint density at radius 2 is 1.94 bits per heavy atom. The summed E-state index contributed by atoms with van der Waals surface area (Å²) in [5.74, 6) is -0.477. The van der Waals surface area contributed by atoms with Gasteiger partial charge in [0.15, 0.2) is 10.9 Å². The van der Waals surface area contributed by atoms with Crippen LogP contribution in [0.5, 0.6) is 0 Å². The van der Waals surface area contributed by atoms with E-state index in [0.29, 0.717) is 10.0 Å². The van der Waals surface area contributed by atoms with E-state index in [9.17, 15) is 9.59 Å². The number of nitrogens with zero attached hydrogens (tertiary/aromatic N) is 3. The van der Waals surface area contributed by atoms with Crippen LogP contribution in [-0.4, -0.2) is 26.6 Å². The van der Waals surface area contributed by atoms with Crippen molar-refractivity contribution in [3.63, 3.8) is 0 Å². The number of hydrogen-bond acceptors (Lipinski definition) is 6. The second-order valence-electron chi connectivity index (χ2n) is 3.58. The summed E-state index contributed by atoms with van der Waals surface area (Å²) in [6.45, 7) is 3.24. The number of anilines is 1. The first-order chi connectivity index (χ1) is 8.56. The lowest BCUT2D eigenvalue weighted by Gasteiger charge is -2.00. The van der Waals surface area contributed by atoms with Gasteiger partial charge in [-0.05, 0) is 6.92 Å². The maximum atomic E-state index is 11.8. The van der Waals surface area contributed by atoms with Gasteiger partial charge in [0.05, 0.1) is 23.0 Å². The topological polar surface area (TPSA) is 84.8 Å². The molecule has 1 amide bonds. The molecule has 0 saturated carbocycles. The predicted molar refractivity (Wildman–Crippen MR) is 66.8 cm³/mol. The van der Waals surface area contributed by atoms with Crippen LogP contribution < -0.4 is 5.32 Å². The molecule has 0 saturated heterocycles. The maximum Gasteiger partial charge on any atom is 0.277 e.